The van der Waals surface area contributed by atoms with E-state index in [9.17, 15) is 4.79 Å². The minimum Gasteiger partial charge on any atom is -0.330 e. The molecule has 0 aromatic heterocycles. The summed E-state index contributed by atoms with van der Waals surface area (Å²) in [5, 5.41) is 0.690. The minimum atomic E-state index is -0.0457. The summed E-state index contributed by atoms with van der Waals surface area (Å²) in [5.74, 6) is 0.459. The smallest absolute Gasteiger partial charge is 0.141 e. The van der Waals surface area contributed by atoms with Crippen LogP contribution >= 0.6 is 11.6 Å². The van der Waals surface area contributed by atoms with Gasteiger partial charge in [-0.05, 0) is 23.6 Å². The van der Waals surface area contributed by atoms with Crippen LogP contribution in [0.25, 0.3) is 0 Å². The van der Waals surface area contributed by atoms with Crippen LogP contribution in [0.3, 0.4) is 0 Å². The van der Waals surface area contributed by atoms with Gasteiger partial charge in [0.25, 0.3) is 0 Å². The van der Waals surface area contributed by atoms with Gasteiger partial charge in [0.05, 0.1) is 0 Å². The van der Waals surface area contributed by atoms with Crippen LogP contribution in [-0.2, 0) is 11.2 Å². The zero-order valence-corrected chi connectivity index (χ0v) is 10.5. The van der Waals surface area contributed by atoms with E-state index >= 15 is 0 Å². The van der Waals surface area contributed by atoms with Gasteiger partial charge in [0.2, 0.25) is 0 Å². The van der Waals surface area contributed by atoms with E-state index in [1.807, 2.05) is 26.0 Å². The lowest BCUT2D eigenvalue weighted by Crippen LogP contribution is -2.29. The lowest BCUT2D eigenvalue weighted by Gasteiger charge is -2.17. The largest absolute Gasteiger partial charge is 0.330 e. The van der Waals surface area contributed by atoms with Crippen LogP contribution in [0.4, 0.5) is 0 Å². The highest BCUT2D eigenvalue weighted by Crippen LogP contribution is 2.15. The SMILES string of the molecule is CC(C)C(CN)C(=O)Cc1ccc(Cl)cc1. The molecule has 88 valence electrons. The summed E-state index contributed by atoms with van der Waals surface area (Å²) >= 11 is 5.78. The van der Waals surface area contributed by atoms with E-state index in [1.54, 1.807) is 12.1 Å². The molecule has 1 aromatic rings. The van der Waals surface area contributed by atoms with E-state index in [2.05, 4.69) is 0 Å². The van der Waals surface area contributed by atoms with Gasteiger partial charge in [-0.1, -0.05) is 37.6 Å². The molecule has 0 spiro atoms. The third kappa shape index (κ3) is 3.62. The van der Waals surface area contributed by atoms with Crippen molar-refractivity contribution in [3.8, 4) is 0 Å². The molecule has 0 bridgehead atoms. The first-order chi connectivity index (χ1) is 7.54. The molecule has 0 fully saturated rings. The van der Waals surface area contributed by atoms with Gasteiger partial charge >= 0.3 is 0 Å². The second-order valence-electron chi connectivity index (χ2n) is 4.36. The molecule has 2 N–H and O–H groups in total. The Labute approximate surface area is 102 Å². The van der Waals surface area contributed by atoms with Gasteiger partial charge in [-0.2, -0.15) is 0 Å². The van der Waals surface area contributed by atoms with E-state index < -0.39 is 0 Å². The van der Waals surface area contributed by atoms with E-state index in [4.69, 9.17) is 17.3 Å². The van der Waals surface area contributed by atoms with Gasteiger partial charge in [0.15, 0.2) is 0 Å². The highest BCUT2D eigenvalue weighted by Gasteiger charge is 2.20. The molecule has 1 atom stereocenters. The van der Waals surface area contributed by atoms with Crippen LogP contribution < -0.4 is 5.73 Å². The summed E-state index contributed by atoms with van der Waals surface area (Å²) in [7, 11) is 0. The number of hydrogen-bond donors (Lipinski definition) is 1. The van der Waals surface area contributed by atoms with Gasteiger partial charge in [0.1, 0.15) is 5.78 Å². The number of hydrogen-bond acceptors (Lipinski definition) is 2. The van der Waals surface area contributed by atoms with E-state index in [0.717, 1.165) is 5.56 Å². The highest BCUT2D eigenvalue weighted by atomic mass is 35.5. The van der Waals surface area contributed by atoms with E-state index in [-0.39, 0.29) is 11.7 Å². The molecule has 0 saturated carbocycles. The first kappa shape index (κ1) is 13.2. The molecule has 0 aliphatic carbocycles. The summed E-state index contributed by atoms with van der Waals surface area (Å²) < 4.78 is 0. The third-order valence-electron chi connectivity index (χ3n) is 2.76. The molecule has 0 aliphatic rings. The number of nitrogens with two attached hydrogens (primary N) is 1. The predicted octanol–water partition coefficient (Wildman–Crippen LogP) is 2.68. The van der Waals surface area contributed by atoms with Crippen LogP contribution in [0, 0.1) is 11.8 Å². The second kappa shape index (κ2) is 6.02. The maximum atomic E-state index is 12.0. The van der Waals surface area contributed by atoms with Gasteiger partial charge in [0, 0.05) is 23.9 Å². The quantitative estimate of drug-likeness (QED) is 0.859. The Morgan fingerprint density at radius 1 is 1.31 bits per heavy atom. The Morgan fingerprint density at radius 3 is 2.31 bits per heavy atom. The number of rotatable bonds is 5. The topological polar surface area (TPSA) is 43.1 Å². The molecule has 0 saturated heterocycles. The highest BCUT2D eigenvalue weighted by molar-refractivity contribution is 6.30. The van der Waals surface area contributed by atoms with Crippen molar-refractivity contribution >= 4 is 17.4 Å². The van der Waals surface area contributed by atoms with Gasteiger partial charge in [-0.25, -0.2) is 0 Å². The zero-order chi connectivity index (χ0) is 12.1. The van der Waals surface area contributed by atoms with Gasteiger partial charge in [-0.3, -0.25) is 4.79 Å². The molecule has 0 aliphatic heterocycles. The van der Waals surface area contributed by atoms with Crippen molar-refractivity contribution in [1.29, 1.82) is 0 Å². The molecule has 0 amide bonds. The Hall–Kier alpha value is -0.860. The molecule has 1 rings (SSSR count). The molecular formula is C13H18ClNO. The average Bonchev–Trinajstić information content (AvgIpc) is 2.22. The predicted molar refractivity (Wildman–Crippen MR) is 67.5 cm³/mol. The number of carbonyl (C=O) groups is 1. The van der Waals surface area contributed by atoms with Crippen LogP contribution in [0.5, 0.6) is 0 Å². The molecule has 16 heavy (non-hydrogen) atoms. The number of carbonyl (C=O) groups excluding carboxylic acids is 1. The molecule has 1 aromatic carbocycles. The summed E-state index contributed by atoms with van der Waals surface area (Å²) in [6.45, 7) is 4.47. The normalized spacial score (nSPS) is 12.8. The van der Waals surface area contributed by atoms with Crippen molar-refractivity contribution in [2.45, 2.75) is 20.3 Å². The summed E-state index contributed by atoms with van der Waals surface area (Å²) in [5.41, 5.74) is 6.60. The van der Waals surface area contributed by atoms with Gasteiger partial charge < -0.3 is 5.73 Å². The second-order valence-corrected chi connectivity index (χ2v) is 4.79. The lowest BCUT2D eigenvalue weighted by atomic mass is 9.88. The number of halogens is 1. The first-order valence-electron chi connectivity index (χ1n) is 5.51. The summed E-state index contributed by atoms with van der Waals surface area (Å²) in [4.78, 5) is 12.0. The molecule has 3 heteroatoms. The zero-order valence-electron chi connectivity index (χ0n) is 9.74. The number of ketones is 1. The van der Waals surface area contributed by atoms with Crippen LogP contribution in [-0.4, -0.2) is 12.3 Å². The maximum absolute atomic E-state index is 12.0. The van der Waals surface area contributed by atoms with E-state index in [1.165, 1.54) is 0 Å². The molecule has 1 unspecified atom stereocenters. The standard InChI is InChI=1S/C13H18ClNO/c1-9(2)12(8-15)13(16)7-10-3-5-11(14)6-4-10/h3-6,9,12H,7-8,15H2,1-2H3. The van der Waals surface area contributed by atoms with Crippen LogP contribution in [0.15, 0.2) is 24.3 Å². The van der Waals surface area contributed by atoms with Crippen LogP contribution in [0.2, 0.25) is 5.02 Å². The Balaban J connectivity index is 2.66. The third-order valence-corrected chi connectivity index (χ3v) is 3.02. The fourth-order valence-electron chi connectivity index (χ4n) is 1.71. The molecule has 0 radical (unpaired) electrons. The summed E-state index contributed by atoms with van der Waals surface area (Å²) in [6, 6.07) is 7.37. The van der Waals surface area contributed by atoms with Crippen molar-refractivity contribution < 1.29 is 4.79 Å². The number of benzene rings is 1. The fraction of sp³-hybridized carbons (Fsp3) is 0.462. The van der Waals surface area contributed by atoms with Crippen molar-refractivity contribution in [3.63, 3.8) is 0 Å². The molecule has 2 nitrogen and oxygen atoms in total. The maximum Gasteiger partial charge on any atom is 0.141 e. The van der Waals surface area contributed by atoms with Gasteiger partial charge in [-0.15, -0.1) is 0 Å². The Kier molecular flexibility index (Phi) is 4.97. The summed E-state index contributed by atoms with van der Waals surface area (Å²) in [6.07, 6.45) is 0.442. The van der Waals surface area contributed by atoms with Crippen molar-refractivity contribution in [3.05, 3.63) is 34.9 Å². The van der Waals surface area contributed by atoms with E-state index in [0.29, 0.717) is 23.9 Å². The lowest BCUT2D eigenvalue weighted by molar-refractivity contribution is -0.123. The van der Waals surface area contributed by atoms with Crippen LogP contribution in [0.1, 0.15) is 19.4 Å². The molecule has 0 heterocycles. The Morgan fingerprint density at radius 2 is 1.88 bits per heavy atom. The number of Topliss-reactive ketones (excluding diaryl/α,β-unsaturated/α-hetero) is 1. The van der Waals surface area contributed by atoms with Crippen molar-refractivity contribution in [2.24, 2.45) is 17.6 Å². The van der Waals surface area contributed by atoms with Crippen molar-refractivity contribution in [2.75, 3.05) is 6.54 Å². The fourth-order valence-corrected chi connectivity index (χ4v) is 1.84. The Bertz CT molecular complexity index is 345. The molecular weight excluding hydrogens is 222 g/mol. The first-order valence-corrected chi connectivity index (χ1v) is 5.89. The monoisotopic (exact) mass is 239 g/mol. The average molecular weight is 240 g/mol. The van der Waals surface area contributed by atoms with Crippen molar-refractivity contribution in [1.82, 2.24) is 0 Å². The minimum absolute atomic E-state index is 0.0457.